The number of aromatic nitrogens is 2. The zero-order valence-corrected chi connectivity index (χ0v) is 10.1. The second-order valence-electron chi connectivity index (χ2n) is 4.51. The molecule has 0 aromatic carbocycles. The lowest BCUT2D eigenvalue weighted by atomic mass is 10.0. The first-order chi connectivity index (χ1) is 7.02. The fourth-order valence-corrected chi connectivity index (χ4v) is 2.27. The SMILES string of the molecule is Cc1nc(C)n2c(C)ccc(C(C)C)c12. The molecule has 0 fully saturated rings. The summed E-state index contributed by atoms with van der Waals surface area (Å²) in [6.07, 6.45) is 0. The molecule has 0 atom stereocenters. The van der Waals surface area contributed by atoms with E-state index in [0.29, 0.717) is 5.92 Å². The normalized spacial score (nSPS) is 11.6. The van der Waals surface area contributed by atoms with Crippen LogP contribution in [0.5, 0.6) is 0 Å². The number of rotatable bonds is 1. The second kappa shape index (κ2) is 3.37. The third-order valence-corrected chi connectivity index (χ3v) is 2.97. The molecule has 0 aliphatic carbocycles. The molecule has 0 saturated heterocycles. The molecular formula is C13H18N2. The van der Waals surface area contributed by atoms with Gasteiger partial charge in [-0.15, -0.1) is 0 Å². The van der Waals surface area contributed by atoms with Gasteiger partial charge in [0.05, 0.1) is 11.2 Å². The molecule has 0 amide bonds. The van der Waals surface area contributed by atoms with E-state index < -0.39 is 0 Å². The topological polar surface area (TPSA) is 17.3 Å². The van der Waals surface area contributed by atoms with Crippen LogP contribution in [0.1, 0.15) is 42.5 Å². The van der Waals surface area contributed by atoms with Gasteiger partial charge in [0.15, 0.2) is 0 Å². The minimum atomic E-state index is 0.544. The van der Waals surface area contributed by atoms with Gasteiger partial charge in [-0.05, 0) is 38.3 Å². The van der Waals surface area contributed by atoms with E-state index >= 15 is 0 Å². The minimum absolute atomic E-state index is 0.544. The van der Waals surface area contributed by atoms with Crippen LogP contribution in [0.3, 0.4) is 0 Å². The van der Waals surface area contributed by atoms with Gasteiger partial charge >= 0.3 is 0 Å². The molecule has 0 spiro atoms. The Kier molecular flexibility index (Phi) is 2.29. The number of pyridine rings is 1. The first-order valence-corrected chi connectivity index (χ1v) is 5.47. The van der Waals surface area contributed by atoms with Gasteiger partial charge in [0, 0.05) is 5.69 Å². The number of hydrogen-bond acceptors (Lipinski definition) is 1. The Morgan fingerprint density at radius 3 is 2.40 bits per heavy atom. The van der Waals surface area contributed by atoms with Crippen LogP contribution in [0, 0.1) is 20.8 Å². The summed E-state index contributed by atoms with van der Waals surface area (Å²) in [4.78, 5) is 4.56. The van der Waals surface area contributed by atoms with E-state index in [0.717, 1.165) is 11.5 Å². The monoisotopic (exact) mass is 202 g/mol. The highest BCUT2D eigenvalue weighted by molar-refractivity contribution is 5.61. The van der Waals surface area contributed by atoms with Crippen molar-refractivity contribution in [2.75, 3.05) is 0 Å². The summed E-state index contributed by atoms with van der Waals surface area (Å²) >= 11 is 0. The highest BCUT2D eigenvalue weighted by Gasteiger charge is 2.12. The van der Waals surface area contributed by atoms with E-state index in [1.807, 2.05) is 0 Å². The highest BCUT2D eigenvalue weighted by atomic mass is 15.0. The highest BCUT2D eigenvalue weighted by Crippen LogP contribution is 2.25. The zero-order valence-electron chi connectivity index (χ0n) is 10.1. The molecule has 0 unspecified atom stereocenters. The van der Waals surface area contributed by atoms with Crippen molar-refractivity contribution in [2.24, 2.45) is 0 Å². The Hall–Kier alpha value is -1.31. The van der Waals surface area contributed by atoms with Gasteiger partial charge < -0.3 is 4.40 Å². The molecule has 15 heavy (non-hydrogen) atoms. The van der Waals surface area contributed by atoms with Crippen molar-refractivity contribution in [3.63, 3.8) is 0 Å². The van der Waals surface area contributed by atoms with Gasteiger partial charge in [-0.1, -0.05) is 19.9 Å². The van der Waals surface area contributed by atoms with E-state index in [1.165, 1.54) is 16.8 Å². The van der Waals surface area contributed by atoms with Crippen molar-refractivity contribution in [3.05, 3.63) is 34.9 Å². The first-order valence-electron chi connectivity index (χ1n) is 5.47. The van der Waals surface area contributed by atoms with Crippen molar-refractivity contribution in [2.45, 2.75) is 40.5 Å². The average Bonchev–Trinajstić information content (AvgIpc) is 2.43. The Morgan fingerprint density at radius 2 is 1.80 bits per heavy atom. The van der Waals surface area contributed by atoms with E-state index in [2.05, 4.69) is 56.1 Å². The van der Waals surface area contributed by atoms with Crippen LogP contribution in [0.2, 0.25) is 0 Å². The summed E-state index contributed by atoms with van der Waals surface area (Å²) in [6.45, 7) is 10.7. The molecule has 0 radical (unpaired) electrons. The van der Waals surface area contributed by atoms with Crippen LogP contribution in [0.25, 0.3) is 5.52 Å². The third kappa shape index (κ3) is 1.44. The molecule has 2 heteroatoms. The van der Waals surface area contributed by atoms with Gasteiger partial charge in [0.25, 0.3) is 0 Å². The van der Waals surface area contributed by atoms with Gasteiger partial charge in [-0.3, -0.25) is 0 Å². The summed E-state index contributed by atoms with van der Waals surface area (Å²) in [7, 11) is 0. The number of imidazole rings is 1. The molecule has 2 aromatic heterocycles. The lowest BCUT2D eigenvalue weighted by Gasteiger charge is -2.11. The molecule has 0 N–H and O–H groups in total. The summed E-state index contributed by atoms with van der Waals surface area (Å²) in [6, 6.07) is 4.40. The van der Waals surface area contributed by atoms with Crippen LogP contribution in [0.15, 0.2) is 12.1 Å². The van der Waals surface area contributed by atoms with E-state index in [9.17, 15) is 0 Å². The molecule has 2 heterocycles. The van der Waals surface area contributed by atoms with E-state index in [-0.39, 0.29) is 0 Å². The van der Waals surface area contributed by atoms with Crippen molar-refractivity contribution < 1.29 is 0 Å². The molecule has 0 aliphatic rings. The van der Waals surface area contributed by atoms with E-state index in [1.54, 1.807) is 0 Å². The molecule has 2 nitrogen and oxygen atoms in total. The summed E-state index contributed by atoms with van der Waals surface area (Å²) in [5, 5.41) is 0. The molecule has 0 bridgehead atoms. The standard InChI is InChI=1S/C13H18N2/c1-8(2)12-7-6-9(3)15-11(5)14-10(4)13(12)15/h6-8H,1-5H3. The van der Waals surface area contributed by atoms with Crippen molar-refractivity contribution in [1.82, 2.24) is 9.38 Å². The molecular weight excluding hydrogens is 184 g/mol. The summed E-state index contributed by atoms with van der Waals surface area (Å²) in [5.74, 6) is 1.63. The van der Waals surface area contributed by atoms with Crippen molar-refractivity contribution >= 4 is 5.52 Å². The fraction of sp³-hybridized carbons (Fsp3) is 0.462. The van der Waals surface area contributed by atoms with Crippen molar-refractivity contribution in [3.8, 4) is 0 Å². The number of aryl methyl sites for hydroxylation is 3. The molecule has 2 aromatic rings. The number of nitrogens with zero attached hydrogens (tertiary/aromatic N) is 2. The summed E-state index contributed by atoms with van der Waals surface area (Å²) in [5.41, 5.74) is 5.08. The van der Waals surface area contributed by atoms with Gasteiger partial charge in [0.1, 0.15) is 5.82 Å². The number of fused-ring (bicyclic) bond motifs is 1. The van der Waals surface area contributed by atoms with Crippen LogP contribution in [-0.2, 0) is 0 Å². The summed E-state index contributed by atoms with van der Waals surface area (Å²) < 4.78 is 2.25. The molecule has 0 saturated carbocycles. The quantitative estimate of drug-likeness (QED) is 0.693. The lowest BCUT2D eigenvalue weighted by molar-refractivity contribution is 0.859. The van der Waals surface area contributed by atoms with E-state index in [4.69, 9.17) is 0 Å². The van der Waals surface area contributed by atoms with Gasteiger partial charge in [-0.2, -0.15) is 0 Å². The maximum atomic E-state index is 4.56. The number of hydrogen-bond donors (Lipinski definition) is 0. The predicted octanol–water partition coefficient (Wildman–Crippen LogP) is 3.38. The Morgan fingerprint density at radius 1 is 1.13 bits per heavy atom. The Labute approximate surface area is 91.0 Å². The Balaban J connectivity index is 2.92. The van der Waals surface area contributed by atoms with Gasteiger partial charge in [-0.25, -0.2) is 4.98 Å². The fourth-order valence-electron chi connectivity index (χ4n) is 2.27. The first kappa shape index (κ1) is 10.2. The average molecular weight is 202 g/mol. The van der Waals surface area contributed by atoms with Crippen LogP contribution in [-0.4, -0.2) is 9.38 Å². The minimum Gasteiger partial charge on any atom is -0.301 e. The Bertz CT molecular complexity index is 507. The molecule has 2 rings (SSSR count). The van der Waals surface area contributed by atoms with Crippen molar-refractivity contribution in [1.29, 1.82) is 0 Å². The van der Waals surface area contributed by atoms with Crippen LogP contribution >= 0.6 is 0 Å². The van der Waals surface area contributed by atoms with Crippen LogP contribution < -0.4 is 0 Å². The maximum absolute atomic E-state index is 4.56. The lowest BCUT2D eigenvalue weighted by Crippen LogP contribution is -1.99. The maximum Gasteiger partial charge on any atom is 0.110 e. The van der Waals surface area contributed by atoms with Gasteiger partial charge in [0.2, 0.25) is 0 Å². The predicted molar refractivity (Wildman–Crippen MR) is 63.5 cm³/mol. The third-order valence-electron chi connectivity index (χ3n) is 2.97. The smallest absolute Gasteiger partial charge is 0.110 e. The molecule has 0 aliphatic heterocycles. The van der Waals surface area contributed by atoms with Crippen LogP contribution in [0.4, 0.5) is 0 Å². The largest absolute Gasteiger partial charge is 0.301 e. The second-order valence-corrected chi connectivity index (χ2v) is 4.51. The molecule has 80 valence electrons. The zero-order chi connectivity index (χ0) is 11.2.